The summed E-state index contributed by atoms with van der Waals surface area (Å²) in [5.41, 5.74) is -7.01. The van der Waals surface area contributed by atoms with E-state index in [9.17, 15) is 39.3 Å². The van der Waals surface area contributed by atoms with Gasteiger partial charge in [0.05, 0.1) is 35.6 Å². The number of aliphatic hydroxyl groups is 3. The standard InChI is InChI=1S/C49H55NO14/c1-7-17-35(53)64-48-26-60-34(48)24-33(52)47(6)40(48)42(63-44(57)31-22-15-10-16-23-31)49(59)25-32(27(2)36(46(49,4)5)39(41(47)55)61-28(3)51)62-45(58)38(54)37(29-18-11-8-12-19-29)50-43(56)30-20-13-9-14-21-30/h8-16,18-23,32-34,37-40,42,52,54,59H,7,17,24-26H2,1-6H3,(H,50,56)/t32-,33-,34+,37?,38+,39+,40?,42-,47+,48-,49+/m0/s1. The van der Waals surface area contributed by atoms with Crippen LogP contribution in [0.1, 0.15) is 99.5 Å². The Bertz CT molecular complexity index is 2320. The van der Waals surface area contributed by atoms with Gasteiger partial charge < -0.3 is 44.3 Å². The zero-order valence-electron chi connectivity index (χ0n) is 36.6. The van der Waals surface area contributed by atoms with Crippen LogP contribution in [0, 0.1) is 16.7 Å². The van der Waals surface area contributed by atoms with Crippen LogP contribution in [0.25, 0.3) is 0 Å². The molecule has 11 atom stereocenters. The number of aliphatic hydroxyl groups excluding tert-OH is 2. The maximum atomic E-state index is 15.6. The van der Waals surface area contributed by atoms with Gasteiger partial charge in [-0.2, -0.15) is 0 Å². The lowest BCUT2D eigenvalue weighted by atomic mass is 9.44. The van der Waals surface area contributed by atoms with Crippen LogP contribution in [0.2, 0.25) is 0 Å². The molecule has 4 aliphatic rings. The lowest BCUT2D eigenvalue weighted by Crippen LogP contribution is -2.82. The number of fused-ring (bicyclic) bond motifs is 5. The second-order valence-corrected chi connectivity index (χ2v) is 18.0. The van der Waals surface area contributed by atoms with Gasteiger partial charge in [-0.15, -0.1) is 0 Å². The number of hydrogen-bond donors (Lipinski definition) is 4. The summed E-state index contributed by atoms with van der Waals surface area (Å²) in [6, 6.07) is 23.0. The van der Waals surface area contributed by atoms with Crippen molar-refractivity contribution in [3.8, 4) is 0 Å². The van der Waals surface area contributed by atoms with Crippen molar-refractivity contribution in [2.45, 2.75) is 121 Å². The lowest BCUT2D eigenvalue weighted by molar-refractivity contribution is -0.346. The van der Waals surface area contributed by atoms with Crippen LogP contribution in [-0.2, 0) is 42.9 Å². The minimum Gasteiger partial charge on any atom is -0.456 e. The summed E-state index contributed by atoms with van der Waals surface area (Å²) in [7, 11) is 0. The highest BCUT2D eigenvalue weighted by atomic mass is 16.6. The van der Waals surface area contributed by atoms with Gasteiger partial charge in [0.2, 0.25) is 0 Å². The average molecular weight is 882 g/mol. The van der Waals surface area contributed by atoms with E-state index in [1.54, 1.807) is 99.6 Å². The molecule has 0 radical (unpaired) electrons. The molecule has 2 unspecified atom stereocenters. The molecular weight excluding hydrogens is 827 g/mol. The molecule has 3 fully saturated rings. The Morgan fingerprint density at radius 1 is 0.875 bits per heavy atom. The summed E-state index contributed by atoms with van der Waals surface area (Å²) in [5.74, 6) is -6.69. The Hall–Kier alpha value is -5.74. The van der Waals surface area contributed by atoms with Gasteiger partial charge in [0.1, 0.15) is 23.9 Å². The van der Waals surface area contributed by atoms with E-state index in [1.165, 1.54) is 26.0 Å². The first-order valence-corrected chi connectivity index (χ1v) is 21.5. The molecule has 2 bridgehead atoms. The third-order valence-corrected chi connectivity index (χ3v) is 13.9. The Morgan fingerprint density at radius 3 is 2.03 bits per heavy atom. The van der Waals surface area contributed by atoms with Gasteiger partial charge in [-0.05, 0) is 61.2 Å². The molecule has 64 heavy (non-hydrogen) atoms. The van der Waals surface area contributed by atoms with Crippen LogP contribution in [0.15, 0.2) is 102 Å². The smallest absolute Gasteiger partial charge is 0.338 e. The minimum atomic E-state index is -2.39. The number of hydrogen-bond acceptors (Lipinski definition) is 14. The molecule has 3 aliphatic carbocycles. The van der Waals surface area contributed by atoms with Crippen LogP contribution < -0.4 is 5.32 Å². The molecule has 340 valence electrons. The summed E-state index contributed by atoms with van der Waals surface area (Å²) in [6.45, 7) is 8.66. The predicted molar refractivity (Wildman–Crippen MR) is 227 cm³/mol. The van der Waals surface area contributed by atoms with E-state index in [0.29, 0.717) is 12.0 Å². The fourth-order valence-corrected chi connectivity index (χ4v) is 10.4. The van der Waals surface area contributed by atoms with E-state index in [-0.39, 0.29) is 41.7 Å². The van der Waals surface area contributed by atoms with E-state index in [1.807, 2.05) is 0 Å². The summed E-state index contributed by atoms with van der Waals surface area (Å²) in [6.07, 6.45) is -10.1. The molecule has 3 aromatic carbocycles. The molecule has 15 nitrogen and oxygen atoms in total. The monoisotopic (exact) mass is 881 g/mol. The van der Waals surface area contributed by atoms with Gasteiger partial charge in [0, 0.05) is 37.2 Å². The number of ether oxygens (including phenoxy) is 5. The van der Waals surface area contributed by atoms with Gasteiger partial charge in [-0.25, -0.2) is 9.59 Å². The number of esters is 4. The second kappa shape index (κ2) is 17.7. The number of carbonyl (C=O) groups excluding carboxylic acids is 6. The normalized spacial score (nSPS) is 31.2. The molecule has 0 aromatic heterocycles. The molecule has 15 heteroatoms. The summed E-state index contributed by atoms with van der Waals surface area (Å²) in [4.78, 5) is 84.5. The third-order valence-electron chi connectivity index (χ3n) is 13.9. The van der Waals surface area contributed by atoms with Crippen molar-refractivity contribution < 1.29 is 67.8 Å². The van der Waals surface area contributed by atoms with Crippen LogP contribution in [-0.4, -0.2) is 105 Å². The fraction of sp³-hybridized carbons (Fsp3) is 0.469. The van der Waals surface area contributed by atoms with Crippen molar-refractivity contribution in [2.75, 3.05) is 6.61 Å². The minimum absolute atomic E-state index is 0.00220. The number of rotatable bonds is 12. The molecule has 3 aromatic rings. The molecule has 4 N–H and O–H groups in total. The maximum absolute atomic E-state index is 15.6. The first kappa shape index (κ1) is 46.3. The first-order chi connectivity index (χ1) is 30.3. The molecule has 1 aliphatic heterocycles. The lowest BCUT2D eigenvalue weighted by Gasteiger charge is -2.67. The SMILES string of the molecule is CCCC(=O)O[C@@]12CO[C@@H]1C[C@H](O)[C@@]1(C)C(=O)[C@H](OC(C)=O)C3=C(C)[C@@H](OC(=O)[C@H](O)C(NC(=O)c4ccccc4)c4ccccc4)C[C@@](O)([C@@H](OC(=O)c4ccccc4)C12)C3(C)C. The number of nitrogens with one attached hydrogen (secondary N) is 1. The highest BCUT2D eigenvalue weighted by molar-refractivity contribution is 5.96. The van der Waals surface area contributed by atoms with Crippen LogP contribution >= 0.6 is 0 Å². The first-order valence-electron chi connectivity index (χ1n) is 21.5. The topological polar surface area (TPSA) is 221 Å². The van der Waals surface area contributed by atoms with Crippen molar-refractivity contribution in [3.05, 3.63) is 119 Å². The number of amides is 1. The van der Waals surface area contributed by atoms with Gasteiger partial charge >= 0.3 is 23.9 Å². The highest BCUT2D eigenvalue weighted by Gasteiger charge is 2.78. The van der Waals surface area contributed by atoms with Crippen molar-refractivity contribution in [1.29, 1.82) is 0 Å². The Balaban J connectivity index is 1.39. The van der Waals surface area contributed by atoms with E-state index in [4.69, 9.17) is 23.7 Å². The fourth-order valence-electron chi connectivity index (χ4n) is 10.4. The number of Topliss-reactive ketones (excluding diaryl/α,β-unsaturated/α-hetero) is 1. The van der Waals surface area contributed by atoms with E-state index in [0.717, 1.165) is 6.92 Å². The van der Waals surface area contributed by atoms with E-state index in [2.05, 4.69) is 5.32 Å². The van der Waals surface area contributed by atoms with E-state index >= 15 is 4.79 Å². The van der Waals surface area contributed by atoms with E-state index < -0.39 is 113 Å². The number of benzene rings is 3. The average Bonchev–Trinajstić information content (AvgIpc) is 3.27. The van der Waals surface area contributed by atoms with Crippen molar-refractivity contribution >= 4 is 35.6 Å². The van der Waals surface area contributed by atoms with Gasteiger partial charge in [-0.3, -0.25) is 19.2 Å². The molecule has 2 saturated carbocycles. The summed E-state index contributed by atoms with van der Waals surface area (Å²) >= 11 is 0. The van der Waals surface area contributed by atoms with Gasteiger partial charge in [0.15, 0.2) is 23.6 Å². The quantitative estimate of drug-likeness (QED) is 0.112. The van der Waals surface area contributed by atoms with Crippen molar-refractivity contribution in [2.24, 2.45) is 16.7 Å². The van der Waals surface area contributed by atoms with Crippen molar-refractivity contribution in [3.63, 3.8) is 0 Å². The van der Waals surface area contributed by atoms with Crippen LogP contribution in [0.5, 0.6) is 0 Å². The molecular formula is C49H55NO14. The molecule has 1 amide bonds. The largest absolute Gasteiger partial charge is 0.456 e. The Kier molecular flexibility index (Phi) is 12.8. The zero-order chi connectivity index (χ0) is 46.4. The highest BCUT2D eigenvalue weighted by Crippen LogP contribution is 2.64. The summed E-state index contributed by atoms with van der Waals surface area (Å²) < 4.78 is 30.7. The van der Waals surface area contributed by atoms with Crippen LogP contribution in [0.4, 0.5) is 0 Å². The Labute approximate surface area is 371 Å². The number of carbonyl (C=O) groups is 6. The van der Waals surface area contributed by atoms with Gasteiger partial charge in [-0.1, -0.05) is 87.5 Å². The zero-order valence-corrected chi connectivity index (χ0v) is 36.6. The Morgan fingerprint density at radius 2 is 1.47 bits per heavy atom. The predicted octanol–water partition coefficient (Wildman–Crippen LogP) is 4.52. The third kappa shape index (κ3) is 7.82. The molecule has 1 saturated heterocycles. The molecule has 0 spiro atoms. The maximum Gasteiger partial charge on any atom is 0.338 e. The van der Waals surface area contributed by atoms with Crippen LogP contribution in [0.3, 0.4) is 0 Å². The molecule has 1 heterocycles. The summed E-state index contributed by atoms with van der Waals surface area (Å²) in [5, 5.41) is 40.5. The number of ketones is 1. The van der Waals surface area contributed by atoms with Crippen molar-refractivity contribution in [1.82, 2.24) is 5.32 Å². The molecule has 7 rings (SSSR count). The second-order valence-electron chi connectivity index (χ2n) is 18.0. The van der Waals surface area contributed by atoms with Gasteiger partial charge in [0.25, 0.3) is 5.91 Å².